The van der Waals surface area contributed by atoms with Gasteiger partial charge in [-0.1, -0.05) is 0 Å². The number of aromatic amines is 1. The number of imidazole rings is 1. The van der Waals surface area contributed by atoms with Gasteiger partial charge >= 0.3 is 0 Å². The van der Waals surface area contributed by atoms with Gasteiger partial charge in [0.25, 0.3) is 0 Å². The smallest absolute Gasteiger partial charge is 0.178 e. The lowest BCUT2D eigenvalue weighted by molar-refractivity contribution is 0.629. The van der Waals surface area contributed by atoms with Crippen molar-refractivity contribution in [3.63, 3.8) is 0 Å². The normalized spacial score (nSPS) is 10.9. The van der Waals surface area contributed by atoms with E-state index in [9.17, 15) is 4.39 Å². The summed E-state index contributed by atoms with van der Waals surface area (Å²) in [5.41, 5.74) is 2.34. The first kappa shape index (κ1) is 11.0. The van der Waals surface area contributed by atoms with E-state index in [-0.39, 0.29) is 5.82 Å². The summed E-state index contributed by atoms with van der Waals surface area (Å²) < 4.78 is 15.5. The van der Waals surface area contributed by atoms with Gasteiger partial charge in [-0.25, -0.2) is 4.39 Å². The van der Waals surface area contributed by atoms with Crippen molar-refractivity contribution >= 4 is 23.3 Å². The monoisotopic (exact) mass is 260 g/mol. The van der Waals surface area contributed by atoms with E-state index in [4.69, 9.17) is 12.2 Å². The van der Waals surface area contributed by atoms with Crippen molar-refractivity contribution in [1.29, 1.82) is 0 Å². The molecule has 1 aromatic carbocycles. The Labute approximate surface area is 107 Å². The highest BCUT2D eigenvalue weighted by Gasteiger charge is 2.06. The molecule has 0 aliphatic rings. The molecule has 4 nitrogen and oxygen atoms in total. The third-order valence-electron chi connectivity index (χ3n) is 2.68. The van der Waals surface area contributed by atoms with Crippen LogP contribution < -0.4 is 0 Å². The maximum atomic E-state index is 13.1. The Morgan fingerprint density at radius 3 is 3.00 bits per heavy atom. The second kappa shape index (κ2) is 4.30. The fraction of sp³-hybridized carbons (Fsp3) is 0.0833. The molecule has 3 aromatic rings. The van der Waals surface area contributed by atoms with Crippen LogP contribution >= 0.6 is 12.2 Å². The van der Waals surface area contributed by atoms with Crippen LogP contribution in [0.3, 0.4) is 0 Å². The molecule has 0 saturated carbocycles. The Kier molecular flexibility index (Phi) is 2.64. The molecule has 0 aliphatic carbocycles. The number of aromatic nitrogens is 4. The number of hydrogen-bond acceptors (Lipinski definition) is 3. The number of rotatable bonds is 2. The van der Waals surface area contributed by atoms with Gasteiger partial charge in [-0.15, -0.1) is 0 Å². The van der Waals surface area contributed by atoms with Gasteiger partial charge in [0, 0.05) is 6.20 Å². The zero-order valence-electron chi connectivity index (χ0n) is 9.30. The predicted octanol–water partition coefficient (Wildman–Crippen LogP) is 2.68. The van der Waals surface area contributed by atoms with Crippen LogP contribution in [0.25, 0.3) is 11.0 Å². The first-order valence-electron chi connectivity index (χ1n) is 5.39. The molecule has 90 valence electrons. The third-order valence-corrected chi connectivity index (χ3v) is 3.01. The number of halogens is 1. The second-order valence-electron chi connectivity index (χ2n) is 3.89. The standard InChI is InChI=1S/C12H9FN4S/c13-8-3-4-11-10(6-8)15-12(18)17(11)7-9-2-1-5-14-16-9/h1-6H,7H2,(H,15,18). The predicted molar refractivity (Wildman–Crippen MR) is 68.2 cm³/mol. The summed E-state index contributed by atoms with van der Waals surface area (Å²) in [5.74, 6) is -0.287. The van der Waals surface area contributed by atoms with Gasteiger partial charge in [-0.2, -0.15) is 10.2 Å². The molecule has 0 saturated heterocycles. The maximum absolute atomic E-state index is 13.1. The summed E-state index contributed by atoms with van der Waals surface area (Å²) in [6.45, 7) is 0.512. The Balaban J connectivity index is 2.12. The first-order valence-corrected chi connectivity index (χ1v) is 5.79. The molecule has 2 heterocycles. The van der Waals surface area contributed by atoms with Crippen molar-refractivity contribution in [2.75, 3.05) is 0 Å². The van der Waals surface area contributed by atoms with Crippen LogP contribution in [-0.2, 0) is 6.54 Å². The minimum Gasteiger partial charge on any atom is -0.330 e. The van der Waals surface area contributed by atoms with Crippen LogP contribution in [-0.4, -0.2) is 19.7 Å². The summed E-state index contributed by atoms with van der Waals surface area (Å²) in [6, 6.07) is 8.24. The van der Waals surface area contributed by atoms with Crippen molar-refractivity contribution < 1.29 is 4.39 Å². The van der Waals surface area contributed by atoms with Crippen molar-refractivity contribution in [2.24, 2.45) is 0 Å². The summed E-state index contributed by atoms with van der Waals surface area (Å²) in [4.78, 5) is 2.98. The molecule has 2 aromatic heterocycles. The van der Waals surface area contributed by atoms with E-state index in [1.807, 2.05) is 16.7 Å². The van der Waals surface area contributed by atoms with Crippen LogP contribution in [0.5, 0.6) is 0 Å². The molecule has 0 atom stereocenters. The topological polar surface area (TPSA) is 46.5 Å². The van der Waals surface area contributed by atoms with Gasteiger partial charge in [-0.05, 0) is 42.5 Å². The highest BCUT2D eigenvalue weighted by molar-refractivity contribution is 7.71. The fourth-order valence-corrected chi connectivity index (χ4v) is 2.15. The Morgan fingerprint density at radius 1 is 1.33 bits per heavy atom. The average molecular weight is 260 g/mol. The number of benzene rings is 1. The van der Waals surface area contributed by atoms with Gasteiger partial charge in [0.15, 0.2) is 4.77 Å². The molecule has 0 aliphatic heterocycles. The van der Waals surface area contributed by atoms with Crippen LogP contribution in [0.15, 0.2) is 36.5 Å². The van der Waals surface area contributed by atoms with E-state index < -0.39 is 0 Å². The van der Waals surface area contributed by atoms with Gasteiger partial charge < -0.3 is 9.55 Å². The molecule has 18 heavy (non-hydrogen) atoms. The number of nitrogens with zero attached hydrogens (tertiary/aromatic N) is 3. The Hall–Kier alpha value is -2.08. The van der Waals surface area contributed by atoms with Gasteiger partial charge in [0.1, 0.15) is 5.82 Å². The Bertz CT molecular complexity index is 748. The van der Waals surface area contributed by atoms with Crippen molar-refractivity contribution in [1.82, 2.24) is 19.7 Å². The molecule has 1 N–H and O–H groups in total. The van der Waals surface area contributed by atoms with Gasteiger partial charge in [-0.3, -0.25) is 0 Å². The lowest BCUT2D eigenvalue weighted by Crippen LogP contribution is -2.02. The lowest BCUT2D eigenvalue weighted by Gasteiger charge is -2.02. The maximum Gasteiger partial charge on any atom is 0.178 e. The van der Waals surface area contributed by atoms with Crippen LogP contribution in [0.1, 0.15) is 5.69 Å². The van der Waals surface area contributed by atoms with Crippen LogP contribution in [0.2, 0.25) is 0 Å². The summed E-state index contributed by atoms with van der Waals surface area (Å²) in [6.07, 6.45) is 1.62. The zero-order chi connectivity index (χ0) is 12.5. The highest BCUT2D eigenvalue weighted by atomic mass is 32.1. The molecule has 0 radical (unpaired) electrons. The summed E-state index contributed by atoms with van der Waals surface area (Å²) in [7, 11) is 0. The lowest BCUT2D eigenvalue weighted by atomic mass is 10.3. The molecule has 0 fully saturated rings. The minimum atomic E-state index is -0.287. The second-order valence-corrected chi connectivity index (χ2v) is 4.28. The van der Waals surface area contributed by atoms with Gasteiger partial charge in [0.2, 0.25) is 0 Å². The van der Waals surface area contributed by atoms with Crippen LogP contribution in [0, 0.1) is 10.6 Å². The minimum absolute atomic E-state index is 0.287. The number of nitrogens with one attached hydrogen (secondary N) is 1. The molecule has 0 unspecified atom stereocenters. The van der Waals surface area contributed by atoms with E-state index in [0.29, 0.717) is 16.8 Å². The molecule has 0 bridgehead atoms. The largest absolute Gasteiger partial charge is 0.330 e. The number of hydrogen-bond donors (Lipinski definition) is 1. The van der Waals surface area contributed by atoms with Crippen molar-refractivity contribution in [3.05, 3.63) is 52.8 Å². The van der Waals surface area contributed by atoms with Crippen molar-refractivity contribution in [2.45, 2.75) is 6.54 Å². The van der Waals surface area contributed by atoms with Gasteiger partial charge in [0.05, 0.1) is 23.3 Å². The Morgan fingerprint density at radius 2 is 2.22 bits per heavy atom. The average Bonchev–Trinajstić information content (AvgIpc) is 2.66. The molecule has 0 amide bonds. The van der Waals surface area contributed by atoms with Crippen molar-refractivity contribution in [3.8, 4) is 0 Å². The SMILES string of the molecule is Fc1ccc2c(c1)[nH]c(=S)n2Cc1cccnn1. The number of fused-ring (bicyclic) bond motifs is 1. The quantitative estimate of drug-likeness (QED) is 0.721. The zero-order valence-corrected chi connectivity index (χ0v) is 10.1. The van der Waals surface area contributed by atoms with Crippen LogP contribution in [0.4, 0.5) is 4.39 Å². The molecule has 0 spiro atoms. The fourth-order valence-electron chi connectivity index (χ4n) is 1.87. The third kappa shape index (κ3) is 1.91. The highest BCUT2D eigenvalue weighted by Crippen LogP contribution is 2.16. The van der Waals surface area contributed by atoms with E-state index >= 15 is 0 Å². The summed E-state index contributed by atoms with van der Waals surface area (Å²) >= 11 is 5.23. The molecular formula is C12H9FN4S. The molecule has 3 rings (SSSR count). The number of H-pyrrole nitrogens is 1. The molecule has 6 heteroatoms. The van der Waals surface area contributed by atoms with E-state index in [1.54, 1.807) is 12.3 Å². The first-order chi connectivity index (χ1) is 8.74. The van der Waals surface area contributed by atoms with E-state index in [2.05, 4.69) is 15.2 Å². The summed E-state index contributed by atoms with van der Waals surface area (Å²) in [5, 5.41) is 7.84. The van der Waals surface area contributed by atoms with E-state index in [1.165, 1.54) is 12.1 Å². The molecular weight excluding hydrogens is 251 g/mol. The van der Waals surface area contributed by atoms with E-state index in [0.717, 1.165) is 11.2 Å².